The summed E-state index contributed by atoms with van der Waals surface area (Å²) < 4.78 is 0. The number of hydrazine groups is 1. The van der Waals surface area contributed by atoms with Gasteiger partial charge in [-0.3, -0.25) is 15.2 Å². The van der Waals surface area contributed by atoms with Crippen LogP contribution in [0.3, 0.4) is 0 Å². The second-order valence-corrected chi connectivity index (χ2v) is 3.92. The summed E-state index contributed by atoms with van der Waals surface area (Å²) >= 11 is 0. The van der Waals surface area contributed by atoms with Crippen LogP contribution in [0, 0.1) is 0 Å². The minimum atomic E-state index is -1.08. The van der Waals surface area contributed by atoms with Gasteiger partial charge in [0, 0.05) is 6.20 Å². The lowest BCUT2D eigenvalue weighted by Gasteiger charge is -2.14. The van der Waals surface area contributed by atoms with Gasteiger partial charge in [0.1, 0.15) is 0 Å². The predicted molar refractivity (Wildman–Crippen MR) is 58.0 cm³/mol. The van der Waals surface area contributed by atoms with E-state index in [2.05, 4.69) is 10.3 Å². The smallest absolute Gasteiger partial charge is 0.405 e. The second-order valence-electron chi connectivity index (χ2n) is 3.92. The van der Waals surface area contributed by atoms with Gasteiger partial charge in [-0.25, -0.2) is 10.6 Å². The van der Waals surface area contributed by atoms with Crippen molar-refractivity contribution in [3.8, 4) is 0 Å². The summed E-state index contributed by atoms with van der Waals surface area (Å²) in [5, 5.41) is 11.1. The van der Waals surface area contributed by atoms with Crippen LogP contribution in [0.4, 0.5) is 4.79 Å². The standard InChI is InChI=1S/C10H12N4O3/c11-14-8(15)6-1-2-7(12-5-6)10(3-4-10)13-9(16)17/h1-2,5,13H,3-4,11H2,(H,14,15)(H,16,17). The molecule has 1 aromatic rings. The molecule has 0 unspecified atom stereocenters. The van der Waals surface area contributed by atoms with Gasteiger partial charge in [0.25, 0.3) is 5.91 Å². The quantitative estimate of drug-likeness (QED) is 0.333. The Bertz CT molecular complexity index is 453. The van der Waals surface area contributed by atoms with E-state index in [1.807, 2.05) is 5.43 Å². The minimum absolute atomic E-state index is 0.336. The molecule has 0 radical (unpaired) electrons. The number of amides is 2. The largest absolute Gasteiger partial charge is 0.465 e. The van der Waals surface area contributed by atoms with Crippen molar-refractivity contribution in [2.75, 3.05) is 0 Å². The third-order valence-corrected chi connectivity index (χ3v) is 2.74. The number of pyridine rings is 1. The summed E-state index contributed by atoms with van der Waals surface area (Å²) in [6.07, 6.45) is 1.73. The van der Waals surface area contributed by atoms with Gasteiger partial charge in [0.15, 0.2) is 0 Å². The molecule has 0 atom stereocenters. The lowest BCUT2D eigenvalue weighted by atomic mass is 10.1. The number of carboxylic acid groups (broad SMARTS) is 1. The molecule has 5 N–H and O–H groups in total. The summed E-state index contributed by atoms with van der Waals surface area (Å²) in [4.78, 5) is 25.9. The summed E-state index contributed by atoms with van der Waals surface area (Å²) in [6, 6.07) is 3.20. The molecule has 1 fully saturated rings. The zero-order valence-electron chi connectivity index (χ0n) is 8.93. The van der Waals surface area contributed by atoms with Crippen molar-refractivity contribution in [1.29, 1.82) is 0 Å². The number of nitrogens with zero attached hydrogens (tertiary/aromatic N) is 1. The molecule has 1 saturated carbocycles. The lowest BCUT2D eigenvalue weighted by Crippen LogP contribution is -2.34. The topological polar surface area (TPSA) is 117 Å². The van der Waals surface area contributed by atoms with Gasteiger partial charge in [0.05, 0.1) is 16.8 Å². The molecule has 2 rings (SSSR count). The number of aromatic nitrogens is 1. The van der Waals surface area contributed by atoms with Crippen molar-refractivity contribution in [1.82, 2.24) is 15.7 Å². The van der Waals surface area contributed by atoms with Crippen LogP contribution in [0.2, 0.25) is 0 Å². The second kappa shape index (κ2) is 4.02. The molecule has 7 nitrogen and oxygen atoms in total. The van der Waals surface area contributed by atoms with Crippen molar-refractivity contribution >= 4 is 12.0 Å². The molecule has 2 amide bonds. The Hall–Kier alpha value is -2.15. The zero-order valence-corrected chi connectivity index (χ0v) is 8.93. The fraction of sp³-hybridized carbons (Fsp3) is 0.300. The Morgan fingerprint density at radius 1 is 1.41 bits per heavy atom. The summed E-state index contributed by atoms with van der Waals surface area (Å²) in [7, 11) is 0. The molecule has 90 valence electrons. The molecular weight excluding hydrogens is 224 g/mol. The molecule has 0 aliphatic heterocycles. The fourth-order valence-electron chi connectivity index (χ4n) is 1.67. The predicted octanol–water partition coefficient (Wildman–Crippen LogP) is -0.0582. The highest BCUT2D eigenvalue weighted by atomic mass is 16.4. The van der Waals surface area contributed by atoms with Crippen LogP contribution in [0.5, 0.6) is 0 Å². The monoisotopic (exact) mass is 236 g/mol. The summed E-state index contributed by atoms with van der Waals surface area (Å²) in [5.74, 6) is 4.56. The van der Waals surface area contributed by atoms with E-state index >= 15 is 0 Å². The van der Waals surface area contributed by atoms with Crippen molar-refractivity contribution < 1.29 is 14.7 Å². The van der Waals surface area contributed by atoms with Crippen molar-refractivity contribution in [2.45, 2.75) is 18.4 Å². The normalized spacial score (nSPS) is 16.1. The number of nitrogen functional groups attached to an aromatic ring is 1. The maximum absolute atomic E-state index is 11.2. The van der Waals surface area contributed by atoms with E-state index in [1.165, 1.54) is 6.20 Å². The van der Waals surface area contributed by atoms with Crippen LogP contribution in [-0.4, -0.2) is 22.1 Å². The van der Waals surface area contributed by atoms with Gasteiger partial charge in [-0.05, 0) is 25.0 Å². The number of nitrogens with two attached hydrogens (primary N) is 1. The number of carbonyl (C=O) groups is 2. The Balaban J connectivity index is 2.18. The maximum atomic E-state index is 11.2. The van der Waals surface area contributed by atoms with Crippen LogP contribution >= 0.6 is 0 Å². The number of carbonyl (C=O) groups excluding carboxylic acids is 1. The first-order valence-corrected chi connectivity index (χ1v) is 5.06. The van der Waals surface area contributed by atoms with Crippen LogP contribution in [-0.2, 0) is 5.54 Å². The van der Waals surface area contributed by atoms with E-state index < -0.39 is 17.5 Å². The SMILES string of the molecule is NNC(=O)c1ccc(C2(NC(=O)O)CC2)nc1. The lowest BCUT2D eigenvalue weighted by molar-refractivity contribution is 0.0953. The summed E-state index contributed by atoms with van der Waals surface area (Å²) in [5.41, 5.74) is 2.37. The van der Waals surface area contributed by atoms with Crippen molar-refractivity contribution in [2.24, 2.45) is 5.84 Å². The molecular formula is C10H12N4O3. The highest BCUT2D eigenvalue weighted by Gasteiger charge is 2.47. The van der Waals surface area contributed by atoms with Gasteiger partial charge in [-0.1, -0.05) is 0 Å². The first kappa shape index (κ1) is 11.3. The average molecular weight is 236 g/mol. The fourth-order valence-corrected chi connectivity index (χ4v) is 1.67. The van der Waals surface area contributed by atoms with Gasteiger partial charge < -0.3 is 10.4 Å². The molecule has 1 heterocycles. The Kier molecular flexibility index (Phi) is 2.68. The molecule has 1 aliphatic carbocycles. The molecule has 0 spiro atoms. The van der Waals surface area contributed by atoms with Crippen molar-refractivity contribution in [3.05, 3.63) is 29.6 Å². The number of hydrogen-bond donors (Lipinski definition) is 4. The van der Waals surface area contributed by atoms with E-state index in [-0.39, 0.29) is 0 Å². The third-order valence-electron chi connectivity index (χ3n) is 2.74. The zero-order chi connectivity index (χ0) is 12.5. The molecule has 7 heteroatoms. The molecule has 0 aromatic carbocycles. The Morgan fingerprint density at radius 2 is 2.12 bits per heavy atom. The molecule has 0 bridgehead atoms. The molecule has 1 aromatic heterocycles. The van der Waals surface area contributed by atoms with Crippen molar-refractivity contribution in [3.63, 3.8) is 0 Å². The van der Waals surface area contributed by atoms with Gasteiger partial charge in [-0.2, -0.15) is 0 Å². The number of nitrogens with one attached hydrogen (secondary N) is 2. The van der Waals surface area contributed by atoms with Crippen LogP contribution < -0.4 is 16.6 Å². The van der Waals surface area contributed by atoms with E-state index in [1.54, 1.807) is 12.1 Å². The van der Waals surface area contributed by atoms with Gasteiger partial charge >= 0.3 is 6.09 Å². The third kappa shape index (κ3) is 2.18. The van der Waals surface area contributed by atoms with Gasteiger partial charge in [-0.15, -0.1) is 0 Å². The van der Waals surface area contributed by atoms with E-state index in [9.17, 15) is 9.59 Å². The number of hydrogen-bond acceptors (Lipinski definition) is 4. The first-order chi connectivity index (χ1) is 8.07. The number of rotatable bonds is 3. The van der Waals surface area contributed by atoms with Crippen LogP contribution in [0.15, 0.2) is 18.3 Å². The van der Waals surface area contributed by atoms with Crippen LogP contribution in [0.1, 0.15) is 28.9 Å². The summed E-state index contributed by atoms with van der Waals surface area (Å²) in [6.45, 7) is 0. The van der Waals surface area contributed by atoms with Gasteiger partial charge in [0.2, 0.25) is 0 Å². The maximum Gasteiger partial charge on any atom is 0.405 e. The molecule has 17 heavy (non-hydrogen) atoms. The first-order valence-electron chi connectivity index (χ1n) is 5.06. The van der Waals surface area contributed by atoms with Crippen LogP contribution in [0.25, 0.3) is 0 Å². The molecule has 1 aliphatic rings. The average Bonchev–Trinajstić information content (AvgIpc) is 3.08. The van der Waals surface area contributed by atoms with E-state index in [0.29, 0.717) is 24.1 Å². The van der Waals surface area contributed by atoms with E-state index in [4.69, 9.17) is 10.9 Å². The Morgan fingerprint density at radius 3 is 2.53 bits per heavy atom. The highest BCUT2D eigenvalue weighted by molar-refractivity contribution is 5.93. The highest BCUT2D eigenvalue weighted by Crippen LogP contribution is 2.44. The van der Waals surface area contributed by atoms with E-state index in [0.717, 1.165) is 0 Å². The minimum Gasteiger partial charge on any atom is -0.465 e. The molecule has 0 saturated heterocycles. The Labute approximate surface area is 97.0 Å².